The monoisotopic (exact) mass is 376 g/mol. The lowest BCUT2D eigenvalue weighted by Crippen LogP contribution is -2.33. The summed E-state index contributed by atoms with van der Waals surface area (Å²) in [5.41, 5.74) is 2.62. The molecule has 2 rings (SSSR count). The molecule has 1 aliphatic rings. The van der Waals surface area contributed by atoms with E-state index < -0.39 is 15.3 Å². The van der Waals surface area contributed by atoms with Gasteiger partial charge >= 0.3 is 0 Å². The van der Waals surface area contributed by atoms with Crippen molar-refractivity contribution in [3.63, 3.8) is 0 Å². The predicted molar refractivity (Wildman–Crippen MR) is 104 cm³/mol. The number of allylic oxidation sites excluding steroid dienone is 2. The summed E-state index contributed by atoms with van der Waals surface area (Å²) < 4.78 is 37.2. The highest BCUT2D eigenvalue weighted by Gasteiger charge is 2.35. The molecule has 4 nitrogen and oxygen atoms in total. The molecule has 5 heteroatoms. The molecule has 0 atom stereocenters. The van der Waals surface area contributed by atoms with Crippen molar-refractivity contribution in [3.05, 3.63) is 59.7 Å². The van der Waals surface area contributed by atoms with Crippen molar-refractivity contribution in [1.29, 1.82) is 0 Å². The minimum absolute atomic E-state index is 0.284. The van der Waals surface area contributed by atoms with Gasteiger partial charge in [-0.2, -0.15) is 0 Å². The fourth-order valence-corrected chi connectivity index (χ4v) is 4.55. The average molecular weight is 377 g/mol. The molecular formula is C21H28O4S. The van der Waals surface area contributed by atoms with Crippen LogP contribution >= 0.6 is 0 Å². The summed E-state index contributed by atoms with van der Waals surface area (Å²) in [4.78, 5) is 0.570. The van der Waals surface area contributed by atoms with Crippen LogP contribution < -0.4 is 0 Å². The van der Waals surface area contributed by atoms with Gasteiger partial charge in [0.25, 0.3) is 0 Å². The van der Waals surface area contributed by atoms with E-state index in [1.807, 2.05) is 6.08 Å². The number of ether oxygens (including phenoxy) is 2. The molecule has 1 fully saturated rings. The van der Waals surface area contributed by atoms with E-state index in [1.54, 1.807) is 50.6 Å². The van der Waals surface area contributed by atoms with Crippen LogP contribution in [0, 0.1) is 11.3 Å². The first kappa shape index (κ1) is 20.7. The number of hydrogen-bond donors (Lipinski definition) is 0. The number of hydrogen-bond acceptors (Lipinski definition) is 4. The van der Waals surface area contributed by atoms with Crippen LogP contribution in [0.5, 0.6) is 0 Å². The average Bonchev–Trinajstić information content (AvgIpc) is 3.44. The zero-order valence-corrected chi connectivity index (χ0v) is 16.4. The molecule has 0 saturated heterocycles. The molecule has 26 heavy (non-hydrogen) atoms. The summed E-state index contributed by atoms with van der Waals surface area (Å²) in [6.07, 6.45) is 6.76. The second kappa shape index (κ2) is 9.33. The highest BCUT2D eigenvalue weighted by Crippen LogP contribution is 2.36. The Morgan fingerprint density at radius 3 is 2.35 bits per heavy atom. The summed E-state index contributed by atoms with van der Waals surface area (Å²) in [7, 11) is -0.401. The van der Waals surface area contributed by atoms with Crippen molar-refractivity contribution in [3.8, 4) is 0 Å². The van der Waals surface area contributed by atoms with Gasteiger partial charge in [-0.05, 0) is 43.4 Å². The van der Waals surface area contributed by atoms with Gasteiger partial charge in [-0.15, -0.1) is 12.3 Å². The molecule has 0 heterocycles. The molecule has 0 unspecified atom stereocenters. The fraction of sp³-hybridized carbons (Fsp3) is 0.476. The topological polar surface area (TPSA) is 52.6 Å². The van der Waals surface area contributed by atoms with Gasteiger partial charge in [-0.25, -0.2) is 8.42 Å². The summed E-state index contributed by atoms with van der Waals surface area (Å²) >= 11 is 0. The van der Waals surface area contributed by atoms with Crippen LogP contribution in [0.15, 0.2) is 64.6 Å². The summed E-state index contributed by atoms with van der Waals surface area (Å²) in [6.45, 7) is 4.59. The Labute approximate surface area is 157 Å². The maximum atomic E-state index is 13.2. The normalized spacial score (nSPS) is 14.5. The number of sulfone groups is 1. The van der Waals surface area contributed by atoms with Crippen LogP contribution in [0.2, 0.25) is 0 Å². The second-order valence-electron chi connectivity index (χ2n) is 6.92. The SMILES string of the molecule is C=CCC(COC)(COC)CC(=C=CC1CC1)S(=O)(=O)c1ccccc1. The maximum absolute atomic E-state index is 13.2. The predicted octanol–water partition coefficient (Wildman–Crippen LogP) is 4.15. The van der Waals surface area contributed by atoms with E-state index in [0.717, 1.165) is 12.8 Å². The van der Waals surface area contributed by atoms with E-state index >= 15 is 0 Å². The van der Waals surface area contributed by atoms with Gasteiger partial charge in [0.2, 0.25) is 9.84 Å². The molecule has 0 aromatic heterocycles. The lowest BCUT2D eigenvalue weighted by Gasteiger charge is -2.32. The zero-order valence-electron chi connectivity index (χ0n) is 15.6. The van der Waals surface area contributed by atoms with Crippen LogP contribution in [0.1, 0.15) is 25.7 Å². The Morgan fingerprint density at radius 2 is 1.85 bits per heavy atom. The minimum atomic E-state index is -3.63. The summed E-state index contributed by atoms with van der Waals surface area (Å²) in [5.74, 6) is 0.439. The first-order chi connectivity index (χ1) is 12.5. The van der Waals surface area contributed by atoms with Gasteiger partial charge < -0.3 is 9.47 Å². The lowest BCUT2D eigenvalue weighted by atomic mass is 9.82. The highest BCUT2D eigenvalue weighted by atomic mass is 32.2. The van der Waals surface area contributed by atoms with Gasteiger partial charge in [-0.1, -0.05) is 24.3 Å². The number of benzene rings is 1. The van der Waals surface area contributed by atoms with Crippen LogP contribution in [-0.4, -0.2) is 35.9 Å². The van der Waals surface area contributed by atoms with Crippen molar-refractivity contribution in [1.82, 2.24) is 0 Å². The number of rotatable bonds is 11. The maximum Gasteiger partial charge on any atom is 0.210 e. The largest absolute Gasteiger partial charge is 0.384 e. The number of methoxy groups -OCH3 is 2. The molecule has 0 bridgehead atoms. The molecule has 0 radical (unpaired) electrons. The van der Waals surface area contributed by atoms with Gasteiger partial charge in [0.05, 0.1) is 23.0 Å². The first-order valence-corrected chi connectivity index (χ1v) is 10.3. The van der Waals surface area contributed by atoms with E-state index in [0.29, 0.717) is 32.0 Å². The van der Waals surface area contributed by atoms with Gasteiger partial charge in [0.1, 0.15) is 0 Å². The third-order valence-corrected chi connectivity index (χ3v) is 6.30. The molecule has 0 aliphatic heterocycles. The molecule has 0 spiro atoms. The second-order valence-corrected chi connectivity index (χ2v) is 8.89. The standard InChI is InChI=1S/C21H28O4S/c1-4-14-21(16-24-2,17-25-3)15-20(13-12-18-10-11-18)26(22,23)19-8-6-5-7-9-19/h4-9,12,18H,1,10-11,14-17H2,2-3H3. The Kier molecular flexibility index (Phi) is 7.42. The summed E-state index contributed by atoms with van der Waals surface area (Å²) in [6, 6.07) is 8.51. The lowest BCUT2D eigenvalue weighted by molar-refractivity contribution is 0.0130. The van der Waals surface area contributed by atoms with Crippen molar-refractivity contribution in [2.45, 2.75) is 30.6 Å². The first-order valence-electron chi connectivity index (χ1n) is 8.82. The van der Waals surface area contributed by atoms with E-state index in [-0.39, 0.29) is 9.80 Å². The van der Waals surface area contributed by atoms with E-state index in [1.165, 1.54) is 0 Å². The molecule has 1 aromatic rings. The van der Waals surface area contributed by atoms with Crippen molar-refractivity contribution in [2.75, 3.05) is 27.4 Å². The van der Waals surface area contributed by atoms with Gasteiger partial charge in [0, 0.05) is 26.1 Å². The third kappa shape index (κ3) is 5.42. The van der Waals surface area contributed by atoms with Crippen molar-refractivity contribution >= 4 is 9.84 Å². The molecule has 0 N–H and O–H groups in total. The Balaban J connectivity index is 2.47. The van der Waals surface area contributed by atoms with Crippen molar-refractivity contribution in [2.24, 2.45) is 11.3 Å². The minimum Gasteiger partial charge on any atom is -0.384 e. The van der Waals surface area contributed by atoms with E-state index in [2.05, 4.69) is 12.3 Å². The fourth-order valence-electron chi connectivity index (χ4n) is 3.03. The quantitative estimate of drug-likeness (QED) is 0.430. The van der Waals surface area contributed by atoms with Gasteiger partial charge in [-0.3, -0.25) is 0 Å². The third-order valence-electron chi connectivity index (χ3n) is 4.49. The molecule has 1 aliphatic carbocycles. The van der Waals surface area contributed by atoms with Crippen LogP contribution in [0.4, 0.5) is 0 Å². The van der Waals surface area contributed by atoms with Crippen LogP contribution in [-0.2, 0) is 19.3 Å². The van der Waals surface area contributed by atoms with Gasteiger partial charge in [0.15, 0.2) is 0 Å². The Bertz CT molecular complexity index is 748. The molecule has 1 saturated carbocycles. The Hall–Kier alpha value is -1.65. The smallest absolute Gasteiger partial charge is 0.210 e. The highest BCUT2D eigenvalue weighted by molar-refractivity contribution is 7.95. The summed E-state index contributed by atoms with van der Waals surface area (Å²) in [5, 5.41) is 0. The van der Waals surface area contributed by atoms with Crippen LogP contribution in [0.3, 0.4) is 0 Å². The molecule has 0 amide bonds. The van der Waals surface area contributed by atoms with E-state index in [4.69, 9.17) is 9.47 Å². The van der Waals surface area contributed by atoms with Crippen LogP contribution in [0.25, 0.3) is 0 Å². The molecule has 142 valence electrons. The molecule has 1 aromatic carbocycles. The van der Waals surface area contributed by atoms with Crippen molar-refractivity contribution < 1.29 is 17.9 Å². The zero-order chi connectivity index (χ0) is 19.0. The Morgan fingerprint density at radius 1 is 1.23 bits per heavy atom. The molecular weight excluding hydrogens is 348 g/mol. The van der Waals surface area contributed by atoms with E-state index in [9.17, 15) is 8.42 Å².